The normalized spacial score (nSPS) is 15.3. The van der Waals surface area contributed by atoms with E-state index in [0.717, 1.165) is 18.7 Å². The summed E-state index contributed by atoms with van der Waals surface area (Å²) in [5.41, 5.74) is 7.02. The molecule has 5 nitrogen and oxygen atoms in total. The molecule has 22 heavy (non-hydrogen) atoms. The molecular formula is C17H25N3O2. The van der Waals surface area contributed by atoms with Gasteiger partial charge in [-0.25, -0.2) is 0 Å². The first-order valence-corrected chi connectivity index (χ1v) is 7.70. The third-order valence-electron chi connectivity index (χ3n) is 4.04. The quantitative estimate of drug-likeness (QED) is 0.903. The van der Waals surface area contributed by atoms with Gasteiger partial charge in [0.05, 0.1) is 0 Å². The van der Waals surface area contributed by atoms with Crippen LogP contribution in [0.3, 0.4) is 0 Å². The first kappa shape index (κ1) is 16.5. The van der Waals surface area contributed by atoms with Crippen molar-refractivity contribution in [2.45, 2.75) is 26.7 Å². The molecule has 5 heteroatoms. The second-order valence-corrected chi connectivity index (χ2v) is 6.73. The molecule has 1 aliphatic heterocycles. The summed E-state index contributed by atoms with van der Waals surface area (Å²) in [6, 6.07) is 7.30. The van der Waals surface area contributed by atoms with Crippen molar-refractivity contribution in [2.24, 2.45) is 11.1 Å². The van der Waals surface area contributed by atoms with Crippen LogP contribution in [0, 0.1) is 5.41 Å². The van der Waals surface area contributed by atoms with Crippen molar-refractivity contribution in [3.05, 3.63) is 29.8 Å². The Morgan fingerprint density at radius 3 is 2.73 bits per heavy atom. The molecule has 0 bridgehead atoms. The largest absolute Gasteiger partial charge is 0.341 e. The van der Waals surface area contributed by atoms with Crippen molar-refractivity contribution in [2.75, 3.05) is 31.6 Å². The SMILES string of the molecule is CN(CC(C)(C)CN)C(=O)c1cccc(N2CCCC2=O)c1. The Balaban J connectivity index is 2.15. The molecule has 1 aromatic rings. The topological polar surface area (TPSA) is 66.6 Å². The van der Waals surface area contributed by atoms with Gasteiger partial charge in [0, 0.05) is 37.8 Å². The summed E-state index contributed by atoms with van der Waals surface area (Å²) >= 11 is 0. The number of anilines is 1. The van der Waals surface area contributed by atoms with Crippen LogP contribution in [0.25, 0.3) is 0 Å². The molecule has 0 unspecified atom stereocenters. The average molecular weight is 303 g/mol. The number of nitrogens with zero attached hydrogens (tertiary/aromatic N) is 2. The molecule has 0 atom stereocenters. The fourth-order valence-electron chi connectivity index (χ4n) is 2.73. The van der Waals surface area contributed by atoms with Crippen LogP contribution < -0.4 is 10.6 Å². The van der Waals surface area contributed by atoms with E-state index in [0.29, 0.717) is 25.1 Å². The smallest absolute Gasteiger partial charge is 0.253 e. The maximum Gasteiger partial charge on any atom is 0.253 e. The van der Waals surface area contributed by atoms with Gasteiger partial charge in [-0.05, 0) is 36.6 Å². The van der Waals surface area contributed by atoms with E-state index < -0.39 is 0 Å². The minimum atomic E-state index is -0.118. The Kier molecular flexibility index (Phi) is 4.86. The molecule has 0 aliphatic carbocycles. The predicted octanol–water partition coefficient (Wildman–Crippen LogP) is 1.87. The van der Waals surface area contributed by atoms with E-state index >= 15 is 0 Å². The van der Waals surface area contributed by atoms with E-state index in [-0.39, 0.29) is 17.2 Å². The summed E-state index contributed by atoms with van der Waals surface area (Å²) in [6.07, 6.45) is 1.46. The van der Waals surface area contributed by atoms with Crippen molar-refractivity contribution in [1.29, 1.82) is 0 Å². The third-order valence-corrected chi connectivity index (χ3v) is 4.04. The number of hydrogen-bond donors (Lipinski definition) is 1. The summed E-state index contributed by atoms with van der Waals surface area (Å²) < 4.78 is 0. The maximum atomic E-state index is 12.6. The first-order valence-electron chi connectivity index (χ1n) is 7.70. The molecular weight excluding hydrogens is 278 g/mol. The Labute approximate surface area is 132 Å². The zero-order valence-corrected chi connectivity index (χ0v) is 13.6. The van der Waals surface area contributed by atoms with Crippen LogP contribution in [-0.2, 0) is 4.79 Å². The van der Waals surface area contributed by atoms with Gasteiger partial charge in [0.15, 0.2) is 0 Å². The third kappa shape index (κ3) is 3.65. The molecule has 2 N–H and O–H groups in total. The molecule has 2 amide bonds. The van der Waals surface area contributed by atoms with E-state index in [1.54, 1.807) is 29.0 Å². The minimum absolute atomic E-state index is 0.0463. The van der Waals surface area contributed by atoms with Crippen molar-refractivity contribution in [1.82, 2.24) is 4.90 Å². The number of amides is 2. The zero-order valence-electron chi connectivity index (χ0n) is 13.6. The van der Waals surface area contributed by atoms with E-state index in [9.17, 15) is 9.59 Å². The Hall–Kier alpha value is -1.88. The van der Waals surface area contributed by atoms with Gasteiger partial charge in [-0.15, -0.1) is 0 Å². The van der Waals surface area contributed by atoms with E-state index in [2.05, 4.69) is 0 Å². The molecule has 0 aromatic heterocycles. The number of nitrogens with two attached hydrogens (primary N) is 1. The Bertz CT molecular complexity index is 569. The summed E-state index contributed by atoms with van der Waals surface area (Å²) in [7, 11) is 1.79. The molecule has 2 rings (SSSR count). The van der Waals surface area contributed by atoms with Crippen LogP contribution in [0.4, 0.5) is 5.69 Å². The average Bonchev–Trinajstić information content (AvgIpc) is 2.92. The number of carbonyl (C=O) groups excluding carboxylic acids is 2. The molecule has 0 spiro atoms. The fourth-order valence-corrected chi connectivity index (χ4v) is 2.73. The number of hydrogen-bond acceptors (Lipinski definition) is 3. The highest BCUT2D eigenvalue weighted by molar-refractivity contribution is 5.99. The van der Waals surface area contributed by atoms with Gasteiger partial charge in [0.1, 0.15) is 0 Å². The fraction of sp³-hybridized carbons (Fsp3) is 0.529. The van der Waals surface area contributed by atoms with Gasteiger partial charge in [0.25, 0.3) is 5.91 Å². The van der Waals surface area contributed by atoms with Crippen LogP contribution in [0.5, 0.6) is 0 Å². The van der Waals surface area contributed by atoms with Crippen LogP contribution >= 0.6 is 0 Å². The van der Waals surface area contributed by atoms with Gasteiger partial charge in [-0.1, -0.05) is 19.9 Å². The Morgan fingerprint density at radius 1 is 1.41 bits per heavy atom. The van der Waals surface area contributed by atoms with Crippen molar-refractivity contribution in [3.63, 3.8) is 0 Å². The highest BCUT2D eigenvalue weighted by atomic mass is 16.2. The molecule has 120 valence electrons. The zero-order chi connectivity index (χ0) is 16.3. The van der Waals surface area contributed by atoms with Crippen LogP contribution in [0.15, 0.2) is 24.3 Å². The van der Waals surface area contributed by atoms with Gasteiger partial charge in [0.2, 0.25) is 5.91 Å². The van der Waals surface area contributed by atoms with Crippen molar-refractivity contribution >= 4 is 17.5 Å². The van der Waals surface area contributed by atoms with Crippen LogP contribution in [0.1, 0.15) is 37.0 Å². The highest BCUT2D eigenvalue weighted by Gasteiger charge is 2.24. The van der Waals surface area contributed by atoms with Gasteiger partial charge >= 0.3 is 0 Å². The number of benzene rings is 1. The molecule has 0 radical (unpaired) electrons. The molecule has 1 heterocycles. The van der Waals surface area contributed by atoms with Gasteiger partial charge < -0.3 is 15.5 Å². The summed E-state index contributed by atoms with van der Waals surface area (Å²) in [5, 5.41) is 0. The minimum Gasteiger partial charge on any atom is -0.341 e. The van der Waals surface area contributed by atoms with E-state index in [4.69, 9.17) is 5.73 Å². The van der Waals surface area contributed by atoms with Crippen molar-refractivity contribution in [3.8, 4) is 0 Å². The first-order chi connectivity index (χ1) is 10.3. The van der Waals surface area contributed by atoms with Crippen LogP contribution in [-0.4, -0.2) is 43.4 Å². The Morgan fingerprint density at radius 2 is 2.14 bits per heavy atom. The lowest BCUT2D eigenvalue weighted by Crippen LogP contribution is -2.39. The predicted molar refractivity (Wildman–Crippen MR) is 87.8 cm³/mol. The standard InChI is InChI=1S/C17H25N3O2/c1-17(2,11-18)12-19(3)16(22)13-6-4-7-14(10-13)20-9-5-8-15(20)21/h4,6-7,10H,5,8-9,11-12,18H2,1-3H3. The summed E-state index contributed by atoms with van der Waals surface area (Å²) in [4.78, 5) is 27.8. The van der Waals surface area contributed by atoms with Gasteiger partial charge in [-0.2, -0.15) is 0 Å². The second kappa shape index (κ2) is 6.48. The summed E-state index contributed by atoms with van der Waals surface area (Å²) in [6.45, 7) is 5.92. The van der Waals surface area contributed by atoms with E-state index in [1.807, 2.05) is 26.0 Å². The van der Waals surface area contributed by atoms with Crippen LogP contribution in [0.2, 0.25) is 0 Å². The molecule has 1 aromatic carbocycles. The molecule has 1 saturated heterocycles. The second-order valence-electron chi connectivity index (χ2n) is 6.73. The highest BCUT2D eigenvalue weighted by Crippen LogP contribution is 2.23. The lowest BCUT2D eigenvalue weighted by atomic mass is 9.93. The number of carbonyl (C=O) groups is 2. The monoisotopic (exact) mass is 303 g/mol. The molecule has 0 saturated carbocycles. The number of rotatable bonds is 5. The lowest BCUT2D eigenvalue weighted by Gasteiger charge is -2.29. The van der Waals surface area contributed by atoms with Crippen molar-refractivity contribution < 1.29 is 9.59 Å². The summed E-state index contributed by atoms with van der Waals surface area (Å²) in [5.74, 6) is 0.0808. The van der Waals surface area contributed by atoms with Gasteiger partial charge in [-0.3, -0.25) is 9.59 Å². The van der Waals surface area contributed by atoms with E-state index in [1.165, 1.54) is 0 Å². The molecule has 1 fully saturated rings. The lowest BCUT2D eigenvalue weighted by molar-refractivity contribution is -0.117. The maximum absolute atomic E-state index is 12.6. The molecule has 1 aliphatic rings.